The number of hydrogen-bond donors (Lipinski definition) is 0. The van der Waals surface area contributed by atoms with Gasteiger partial charge in [-0.3, -0.25) is 0 Å². The second-order valence-electron chi connectivity index (χ2n) is 12.8. The lowest BCUT2D eigenvalue weighted by molar-refractivity contribution is 0.402. The van der Waals surface area contributed by atoms with Crippen molar-refractivity contribution in [3.05, 3.63) is 88.6 Å². The van der Waals surface area contributed by atoms with Gasteiger partial charge in [0.2, 0.25) is 0 Å². The van der Waals surface area contributed by atoms with Gasteiger partial charge in [0, 0.05) is 24.3 Å². The summed E-state index contributed by atoms with van der Waals surface area (Å²) < 4.78 is 17.0. The number of unbranched alkanes of at least 4 members (excludes halogenated alkanes) is 10. The first-order valence-electron chi connectivity index (χ1n) is 18.1. The Kier molecular flexibility index (Phi) is 15.1. The summed E-state index contributed by atoms with van der Waals surface area (Å²) in [6.07, 6.45) is 17.9. The predicted molar refractivity (Wildman–Crippen MR) is 204 cm³/mol. The molecule has 0 unspecified atom stereocenters. The lowest BCUT2D eigenvalue weighted by Gasteiger charge is -2.26. The number of para-hydroxylation sites is 1. The van der Waals surface area contributed by atoms with E-state index in [1.54, 1.807) is 21.3 Å². The third kappa shape index (κ3) is 10.2. The number of anilines is 1. The fourth-order valence-corrected chi connectivity index (χ4v) is 6.30. The molecule has 48 heavy (non-hydrogen) atoms. The van der Waals surface area contributed by atoms with Crippen molar-refractivity contribution in [1.29, 1.82) is 0 Å². The van der Waals surface area contributed by atoms with Crippen molar-refractivity contribution in [3.8, 4) is 17.2 Å². The largest absolute Gasteiger partial charge is 0.497 e. The summed E-state index contributed by atoms with van der Waals surface area (Å²) in [4.78, 5) is 12.8. The minimum absolute atomic E-state index is 0.608. The number of hydrogen-bond acceptors (Lipinski definition) is 6. The number of methoxy groups -OCH3 is 3. The van der Waals surface area contributed by atoms with Crippen LogP contribution in [0.4, 0.5) is 5.69 Å². The molecule has 6 nitrogen and oxygen atoms in total. The Morgan fingerprint density at radius 3 is 1.88 bits per heavy atom. The molecule has 0 atom stereocenters. The molecule has 0 spiro atoms. The van der Waals surface area contributed by atoms with Crippen LogP contribution in [0.5, 0.6) is 17.2 Å². The predicted octanol–water partition coefficient (Wildman–Crippen LogP) is 10.8. The molecule has 3 aromatic rings. The Morgan fingerprint density at radius 2 is 1.25 bits per heavy atom. The normalized spacial score (nSPS) is 13.4. The lowest BCUT2D eigenvalue weighted by atomic mass is 10.0. The van der Waals surface area contributed by atoms with Gasteiger partial charge in [-0.15, -0.1) is 0 Å². The molecule has 0 saturated carbocycles. The fourth-order valence-electron chi connectivity index (χ4n) is 6.30. The van der Waals surface area contributed by atoms with Gasteiger partial charge in [-0.25, -0.2) is 9.98 Å². The summed E-state index contributed by atoms with van der Waals surface area (Å²) in [6.45, 7) is 8.99. The first-order chi connectivity index (χ1) is 23.5. The van der Waals surface area contributed by atoms with Gasteiger partial charge in [-0.05, 0) is 79.4 Å². The van der Waals surface area contributed by atoms with Crippen LogP contribution in [-0.4, -0.2) is 46.0 Å². The van der Waals surface area contributed by atoms with Crippen LogP contribution >= 0.6 is 0 Å². The van der Waals surface area contributed by atoms with E-state index in [4.69, 9.17) is 24.2 Å². The number of benzene rings is 3. The van der Waals surface area contributed by atoms with Crippen LogP contribution in [0.3, 0.4) is 0 Å². The first-order valence-corrected chi connectivity index (χ1v) is 18.1. The summed E-state index contributed by atoms with van der Waals surface area (Å²) in [6, 6.07) is 20.5. The van der Waals surface area contributed by atoms with Crippen LogP contribution in [0.25, 0.3) is 6.08 Å². The van der Waals surface area contributed by atoms with Crippen LogP contribution in [0, 0.1) is 6.92 Å². The van der Waals surface area contributed by atoms with Gasteiger partial charge < -0.3 is 19.1 Å². The average Bonchev–Trinajstić information content (AvgIpc) is 3.54. The van der Waals surface area contributed by atoms with Gasteiger partial charge in [0.1, 0.15) is 23.0 Å². The van der Waals surface area contributed by atoms with Crippen LogP contribution < -0.4 is 19.1 Å². The number of aryl methyl sites for hydroxylation is 1. The van der Waals surface area contributed by atoms with Gasteiger partial charge >= 0.3 is 0 Å². The second-order valence-corrected chi connectivity index (χ2v) is 12.8. The molecular formula is C42H57N3O3. The Bertz CT molecular complexity index is 1520. The minimum Gasteiger partial charge on any atom is -0.497 e. The molecule has 4 rings (SSSR count). The molecule has 0 radical (unpaired) electrons. The molecule has 1 aliphatic heterocycles. The smallest absolute Gasteiger partial charge is 0.164 e. The maximum atomic E-state index is 5.78. The molecular weight excluding hydrogens is 594 g/mol. The van der Waals surface area contributed by atoms with Crippen LogP contribution in [0.2, 0.25) is 0 Å². The Hall–Kier alpha value is -4.06. The monoisotopic (exact) mass is 651 g/mol. The van der Waals surface area contributed by atoms with Crippen LogP contribution in [0.1, 0.15) is 113 Å². The molecule has 3 aromatic carbocycles. The third-order valence-corrected chi connectivity index (χ3v) is 9.17. The fraction of sp³-hybridized carbons (Fsp3) is 0.476. The van der Waals surface area contributed by atoms with Crippen LogP contribution in [-0.2, 0) is 0 Å². The molecule has 0 aliphatic carbocycles. The molecule has 1 aliphatic rings. The molecule has 1 heterocycles. The van der Waals surface area contributed by atoms with Crippen molar-refractivity contribution in [3.63, 3.8) is 0 Å². The number of rotatable bonds is 21. The van der Waals surface area contributed by atoms with E-state index in [0.29, 0.717) is 11.6 Å². The van der Waals surface area contributed by atoms with Gasteiger partial charge in [0.05, 0.1) is 32.6 Å². The zero-order valence-electron chi connectivity index (χ0n) is 30.3. The highest BCUT2D eigenvalue weighted by atomic mass is 16.5. The maximum absolute atomic E-state index is 5.78. The standard InChI is InChI=1S/C42H57N3O3/c1-7-9-11-13-15-19-27-45(28-20-16-14-12-10-8-2)34-24-23-33(32(3)29-34)30-38-41(37-31-35(46-4)25-26-40(37)48-6)44-42(43-38)36-21-17-18-22-39(36)47-5/h17-18,21-26,29-31H,7-16,19-20,27-28H2,1-6H3. The van der Waals surface area contributed by atoms with Crippen molar-refractivity contribution in [2.24, 2.45) is 9.98 Å². The highest BCUT2D eigenvalue weighted by Crippen LogP contribution is 2.33. The minimum atomic E-state index is 0.608. The van der Waals surface area contributed by atoms with Crippen molar-refractivity contribution in [2.75, 3.05) is 39.3 Å². The van der Waals surface area contributed by atoms with E-state index in [1.807, 2.05) is 42.5 Å². The molecule has 0 amide bonds. The highest BCUT2D eigenvalue weighted by Gasteiger charge is 2.25. The van der Waals surface area contributed by atoms with E-state index >= 15 is 0 Å². The molecule has 0 aromatic heterocycles. The van der Waals surface area contributed by atoms with Gasteiger partial charge in [-0.1, -0.05) is 96.3 Å². The average molecular weight is 652 g/mol. The number of nitrogens with zero attached hydrogens (tertiary/aromatic N) is 3. The highest BCUT2D eigenvalue weighted by molar-refractivity contribution is 6.27. The number of allylic oxidation sites excluding steroid dienone is 1. The topological polar surface area (TPSA) is 55.7 Å². The second kappa shape index (κ2) is 19.7. The summed E-state index contributed by atoms with van der Waals surface area (Å²) in [5, 5.41) is 0. The summed E-state index contributed by atoms with van der Waals surface area (Å²) in [7, 11) is 5.02. The first kappa shape index (κ1) is 36.8. The molecule has 0 N–H and O–H groups in total. The molecule has 0 bridgehead atoms. The maximum Gasteiger partial charge on any atom is 0.164 e. The zero-order valence-corrected chi connectivity index (χ0v) is 30.3. The zero-order chi connectivity index (χ0) is 34.1. The Labute approximate surface area is 289 Å². The van der Waals surface area contributed by atoms with Crippen LogP contribution in [0.15, 0.2) is 76.3 Å². The van der Waals surface area contributed by atoms with Crippen molar-refractivity contribution in [1.82, 2.24) is 0 Å². The SMILES string of the molecule is CCCCCCCCN(CCCCCCCC)c1ccc(C=C2N=C(c3ccccc3OC)N=C2c2cc(OC)ccc2OC)c(C)c1. The van der Waals surface area contributed by atoms with E-state index in [2.05, 4.69) is 49.9 Å². The summed E-state index contributed by atoms with van der Waals surface area (Å²) >= 11 is 0. The number of amidine groups is 1. The van der Waals surface area contributed by atoms with Crippen molar-refractivity contribution >= 4 is 23.3 Å². The Balaban J connectivity index is 1.64. The van der Waals surface area contributed by atoms with E-state index < -0.39 is 0 Å². The Morgan fingerprint density at radius 1 is 0.625 bits per heavy atom. The van der Waals surface area contributed by atoms with Gasteiger partial charge in [0.15, 0.2) is 5.84 Å². The van der Waals surface area contributed by atoms with E-state index in [9.17, 15) is 0 Å². The molecule has 6 heteroatoms. The van der Waals surface area contributed by atoms with Gasteiger partial charge in [-0.2, -0.15) is 0 Å². The third-order valence-electron chi connectivity index (χ3n) is 9.17. The van der Waals surface area contributed by atoms with E-state index in [1.165, 1.54) is 88.3 Å². The van der Waals surface area contributed by atoms with E-state index in [0.717, 1.165) is 52.7 Å². The van der Waals surface area contributed by atoms with Crippen molar-refractivity contribution in [2.45, 2.75) is 97.8 Å². The number of aliphatic imine (C=N–C) groups is 2. The quantitative estimate of drug-likeness (QED) is 0.108. The molecule has 258 valence electrons. The number of ether oxygens (including phenoxy) is 3. The van der Waals surface area contributed by atoms with Crippen molar-refractivity contribution < 1.29 is 14.2 Å². The summed E-state index contributed by atoms with van der Waals surface area (Å²) in [5.74, 6) is 2.78. The van der Waals surface area contributed by atoms with E-state index in [-0.39, 0.29) is 0 Å². The van der Waals surface area contributed by atoms with Gasteiger partial charge in [0.25, 0.3) is 0 Å². The summed E-state index contributed by atoms with van der Waals surface area (Å²) in [5.41, 5.74) is 6.83. The molecule has 0 saturated heterocycles. The lowest BCUT2D eigenvalue weighted by Crippen LogP contribution is -2.25. The molecule has 0 fully saturated rings.